The summed E-state index contributed by atoms with van der Waals surface area (Å²) in [6, 6.07) is 7.79. The molecule has 0 radical (unpaired) electrons. The largest absolute Gasteiger partial charge is 0.355 e. The standard InChI is InChI=1S/C21H33N3O3S/c1-18-9-7-15-23(17-18)14-6-5-13-22-21(25)20-12-8-16-24(20)28(26,27)19-10-3-2-4-11-19/h2-4,10-11,18,20H,5-9,12-17H2,1H3,(H,22,25)/t18-,20-/m1/s1. The fraction of sp³-hybridized carbons (Fsp3) is 0.667. The van der Waals surface area contributed by atoms with Crippen LogP contribution in [0.1, 0.15) is 45.4 Å². The number of nitrogens with one attached hydrogen (secondary N) is 1. The lowest BCUT2D eigenvalue weighted by Crippen LogP contribution is -2.46. The van der Waals surface area contributed by atoms with Crippen LogP contribution in [0.2, 0.25) is 0 Å². The number of carbonyl (C=O) groups excluding carboxylic acids is 1. The summed E-state index contributed by atoms with van der Waals surface area (Å²) in [5, 5.41) is 2.96. The molecule has 2 fully saturated rings. The minimum atomic E-state index is -3.62. The number of hydrogen-bond donors (Lipinski definition) is 1. The summed E-state index contributed by atoms with van der Waals surface area (Å²) < 4.78 is 27.1. The van der Waals surface area contributed by atoms with Crippen molar-refractivity contribution in [3.63, 3.8) is 0 Å². The highest BCUT2D eigenvalue weighted by atomic mass is 32.2. The molecule has 3 rings (SSSR count). The lowest BCUT2D eigenvalue weighted by atomic mass is 10.0. The number of rotatable bonds is 8. The Bertz CT molecular complexity index is 739. The summed E-state index contributed by atoms with van der Waals surface area (Å²) in [4.78, 5) is 15.4. The van der Waals surface area contributed by atoms with Gasteiger partial charge in [-0.2, -0.15) is 4.31 Å². The maximum absolute atomic E-state index is 12.9. The van der Waals surface area contributed by atoms with Crippen LogP contribution in [0.4, 0.5) is 0 Å². The third-order valence-electron chi connectivity index (χ3n) is 5.80. The molecule has 1 aromatic carbocycles. The fourth-order valence-electron chi connectivity index (χ4n) is 4.30. The van der Waals surface area contributed by atoms with Gasteiger partial charge in [-0.25, -0.2) is 8.42 Å². The van der Waals surface area contributed by atoms with Gasteiger partial charge < -0.3 is 10.2 Å². The zero-order chi connectivity index (χ0) is 20.0. The van der Waals surface area contributed by atoms with Gasteiger partial charge >= 0.3 is 0 Å². The molecule has 2 heterocycles. The van der Waals surface area contributed by atoms with E-state index in [1.807, 2.05) is 0 Å². The highest BCUT2D eigenvalue weighted by molar-refractivity contribution is 7.89. The van der Waals surface area contributed by atoms with Gasteiger partial charge in [-0.3, -0.25) is 4.79 Å². The molecule has 0 unspecified atom stereocenters. The molecule has 0 bridgehead atoms. The van der Waals surface area contributed by atoms with Gasteiger partial charge in [-0.15, -0.1) is 0 Å². The number of amides is 1. The van der Waals surface area contributed by atoms with Crippen molar-refractivity contribution < 1.29 is 13.2 Å². The molecule has 0 aliphatic carbocycles. The maximum Gasteiger partial charge on any atom is 0.243 e. The first kappa shape index (κ1) is 21.3. The zero-order valence-corrected chi connectivity index (χ0v) is 17.7. The molecule has 2 saturated heterocycles. The topological polar surface area (TPSA) is 69.7 Å². The van der Waals surface area contributed by atoms with Crippen molar-refractivity contribution in [2.24, 2.45) is 5.92 Å². The first-order chi connectivity index (χ1) is 13.5. The van der Waals surface area contributed by atoms with Gasteiger partial charge in [0.15, 0.2) is 0 Å². The van der Waals surface area contributed by atoms with E-state index in [4.69, 9.17) is 0 Å². The summed E-state index contributed by atoms with van der Waals surface area (Å²) in [5.74, 6) is 0.622. The third kappa shape index (κ3) is 5.33. The summed E-state index contributed by atoms with van der Waals surface area (Å²) in [5.41, 5.74) is 0. The quantitative estimate of drug-likeness (QED) is 0.672. The molecule has 28 heavy (non-hydrogen) atoms. The molecular weight excluding hydrogens is 374 g/mol. The van der Waals surface area contributed by atoms with Crippen molar-refractivity contribution in [1.29, 1.82) is 0 Å². The van der Waals surface area contributed by atoms with Gasteiger partial charge in [0.2, 0.25) is 15.9 Å². The second-order valence-electron chi connectivity index (χ2n) is 8.13. The molecule has 1 N–H and O–H groups in total. The molecule has 2 aliphatic rings. The Labute approximate surface area is 169 Å². The Morgan fingerprint density at radius 3 is 2.61 bits per heavy atom. The predicted molar refractivity (Wildman–Crippen MR) is 110 cm³/mol. The van der Waals surface area contributed by atoms with Crippen LogP contribution in [0.3, 0.4) is 0 Å². The Balaban J connectivity index is 1.45. The molecule has 0 spiro atoms. The van der Waals surface area contributed by atoms with E-state index in [-0.39, 0.29) is 10.8 Å². The Morgan fingerprint density at radius 1 is 1.11 bits per heavy atom. The zero-order valence-electron chi connectivity index (χ0n) is 16.8. The van der Waals surface area contributed by atoms with Gasteiger partial charge in [-0.1, -0.05) is 25.1 Å². The van der Waals surface area contributed by atoms with Crippen molar-refractivity contribution >= 4 is 15.9 Å². The predicted octanol–water partition coefficient (Wildman–Crippen LogP) is 2.47. The van der Waals surface area contributed by atoms with E-state index in [0.29, 0.717) is 19.5 Å². The SMILES string of the molecule is C[C@@H]1CCCN(CCCCNC(=O)[C@H]2CCCN2S(=O)(=O)c2ccccc2)C1. The number of unbranched alkanes of at least 4 members (excludes halogenated alkanes) is 1. The van der Waals surface area contributed by atoms with E-state index in [0.717, 1.165) is 31.7 Å². The first-order valence-electron chi connectivity index (χ1n) is 10.6. The molecule has 6 nitrogen and oxygen atoms in total. The van der Waals surface area contributed by atoms with Crippen LogP contribution in [0.5, 0.6) is 0 Å². The lowest BCUT2D eigenvalue weighted by molar-refractivity contribution is -0.124. The molecule has 1 amide bonds. The number of carbonyl (C=O) groups is 1. The molecule has 2 aliphatic heterocycles. The summed E-state index contributed by atoms with van der Waals surface area (Å²) in [6.45, 7) is 6.77. The van der Waals surface area contributed by atoms with Crippen LogP contribution in [0, 0.1) is 5.92 Å². The van der Waals surface area contributed by atoms with E-state index in [1.54, 1.807) is 30.3 Å². The molecule has 156 valence electrons. The van der Waals surface area contributed by atoms with Gasteiger partial charge in [0.1, 0.15) is 6.04 Å². The van der Waals surface area contributed by atoms with Gasteiger partial charge in [-0.05, 0) is 69.7 Å². The lowest BCUT2D eigenvalue weighted by Gasteiger charge is -2.30. The number of sulfonamides is 1. The first-order valence-corrected chi connectivity index (χ1v) is 12.0. The Morgan fingerprint density at radius 2 is 1.86 bits per heavy atom. The van der Waals surface area contributed by atoms with E-state index in [1.165, 1.54) is 30.2 Å². The summed E-state index contributed by atoms with van der Waals surface area (Å²) in [7, 11) is -3.62. The van der Waals surface area contributed by atoms with Crippen molar-refractivity contribution in [2.45, 2.75) is 56.4 Å². The number of piperidine rings is 1. The number of hydrogen-bond acceptors (Lipinski definition) is 4. The second-order valence-corrected chi connectivity index (χ2v) is 10.0. The van der Waals surface area contributed by atoms with Gasteiger partial charge in [0.25, 0.3) is 0 Å². The minimum absolute atomic E-state index is 0.163. The van der Waals surface area contributed by atoms with Crippen LogP contribution >= 0.6 is 0 Å². The molecule has 1 aromatic rings. The van der Waals surface area contributed by atoms with Crippen molar-refractivity contribution in [3.8, 4) is 0 Å². The van der Waals surface area contributed by atoms with Crippen LogP contribution in [0.25, 0.3) is 0 Å². The Kier molecular flexibility index (Phi) is 7.48. The van der Waals surface area contributed by atoms with Crippen molar-refractivity contribution in [3.05, 3.63) is 30.3 Å². The average Bonchev–Trinajstić information content (AvgIpc) is 3.19. The van der Waals surface area contributed by atoms with Crippen LogP contribution < -0.4 is 5.32 Å². The third-order valence-corrected chi connectivity index (χ3v) is 7.72. The van der Waals surface area contributed by atoms with Crippen molar-refractivity contribution in [2.75, 3.05) is 32.7 Å². The minimum Gasteiger partial charge on any atom is -0.355 e. The molecule has 2 atom stereocenters. The average molecular weight is 408 g/mol. The molecular formula is C21H33N3O3S. The highest BCUT2D eigenvalue weighted by Crippen LogP contribution is 2.26. The van der Waals surface area contributed by atoms with Crippen LogP contribution in [0.15, 0.2) is 35.2 Å². The van der Waals surface area contributed by atoms with Gasteiger partial charge in [0, 0.05) is 19.6 Å². The van der Waals surface area contributed by atoms with E-state index in [2.05, 4.69) is 17.1 Å². The second kappa shape index (κ2) is 9.85. The normalized spacial score (nSPS) is 24.3. The smallest absolute Gasteiger partial charge is 0.243 e. The number of benzene rings is 1. The maximum atomic E-state index is 12.9. The van der Waals surface area contributed by atoms with Crippen molar-refractivity contribution in [1.82, 2.24) is 14.5 Å². The van der Waals surface area contributed by atoms with Crippen LogP contribution in [-0.2, 0) is 14.8 Å². The van der Waals surface area contributed by atoms with Gasteiger partial charge in [0.05, 0.1) is 4.90 Å². The summed E-state index contributed by atoms with van der Waals surface area (Å²) in [6.07, 6.45) is 5.90. The van der Waals surface area contributed by atoms with Crippen LogP contribution in [-0.4, -0.2) is 62.3 Å². The monoisotopic (exact) mass is 407 g/mol. The van der Waals surface area contributed by atoms with E-state index < -0.39 is 16.1 Å². The number of nitrogens with zero attached hydrogens (tertiary/aromatic N) is 2. The fourth-order valence-corrected chi connectivity index (χ4v) is 5.97. The Hall–Kier alpha value is -1.44. The summed E-state index contributed by atoms with van der Waals surface area (Å²) >= 11 is 0. The highest BCUT2D eigenvalue weighted by Gasteiger charge is 2.39. The number of likely N-dealkylation sites (tertiary alicyclic amines) is 1. The molecule has 0 saturated carbocycles. The molecule has 0 aromatic heterocycles. The molecule has 7 heteroatoms. The van der Waals surface area contributed by atoms with E-state index >= 15 is 0 Å². The van der Waals surface area contributed by atoms with E-state index in [9.17, 15) is 13.2 Å².